The molecule has 0 fully saturated rings. The van der Waals surface area contributed by atoms with Crippen molar-refractivity contribution in [3.63, 3.8) is 0 Å². The summed E-state index contributed by atoms with van der Waals surface area (Å²) < 4.78 is 4.81. The summed E-state index contributed by atoms with van der Waals surface area (Å²) in [4.78, 5) is 12.8. The fraction of sp³-hybridized carbons (Fsp3) is 0.188. The van der Waals surface area contributed by atoms with Gasteiger partial charge >= 0.3 is 5.97 Å². The van der Waals surface area contributed by atoms with Crippen LogP contribution < -0.4 is 0 Å². The van der Waals surface area contributed by atoms with E-state index in [-0.39, 0.29) is 0 Å². The number of hydrogen-bond acceptors (Lipinski definition) is 4. The van der Waals surface area contributed by atoms with Crippen molar-refractivity contribution in [3.05, 3.63) is 66.2 Å². The van der Waals surface area contributed by atoms with Gasteiger partial charge in [-0.1, -0.05) is 48.5 Å². The molecule has 0 aliphatic carbocycles. The van der Waals surface area contributed by atoms with E-state index in [1.165, 1.54) is 18.9 Å². The molecule has 0 amide bonds. The number of methoxy groups -OCH3 is 1. The second-order valence-corrected chi connectivity index (χ2v) is 5.45. The molecule has 20 heavy (non-hydrogen) atoms. The zero-order chi connectivity index (χ0) is 14.4. The van der Waals surface area contributed by atoms with E-state index in [0.717, 1.165) is 4.90 Å². The average molecular weight is 288 g/mol. The number of aliphatic hydroxyl groups excluding tert-OH is 1. The molecular weight excluding hydrogens is 272 g/mol. The Labute approximate surface area is 122 Å². The van der Waals surface area contributed by atoms with E-state index in [9.17, 15) is 9.90 Å². The minimum atomic E-state index is -0.908. The van der Waals surface area contributed by atoms with E-state index < -0.39 is 17.3 Å². The van der Waals surface area contributed by atoms with Crippen molar-refractivity contribution in [2.45, 2.75) is 16.2 Å². The van der Waals surface area contributed by atoms with Gasteiger partial charge in [0.05, 0.1) is 7.11 Å². The van der Waals surface area contributed by atoms with Crippen molar-refractivity contribution in [3.8, 4) is 0 Å². The van der Waals surface area contributed by atoms with Crippen molar-refractivity contribution < 1.29 is 14.6 Å². The summed E-state index contributed by atoms with van der Waals surface area (Å²) in [6.45, 7) is 0. The van der Waals surface area contributed by atoms with Crippen LogP contribution in [-0.4, -0.2) is 23.4 Å². The van der Waals surface area contributed by atoms with Crippen LogP contribution in [0.5, 0.6) is 0 Å². The molecule has 3 nitrogen and oxygen atoms in total. The van der Waals surface area contributed by atoms with Gasteiger partial charge in [0.1, 0.15) is 11.4 Å². The molecule has 2 aromatic carbocycles. The summed E-state index contributed by atoms with van der Waals surface area (Å²) in [6, 6.07) is 18.6. The molecule has 2 aromatic rings. The van der Waals surface area contributed by atoms with Gasteiger partial charge < -0.3 is 9.84 Å². The third-order valence-corrected chi connectivity index (χ3v) is 4.12. The quantitative estimate of drug-likeness (QED) is 0.678. The van der Waals surface area contributed by atoms with Crippen LogP contribution in [0.1, 0.15) is 11.7 Å². The highest BCUT2D eigenvalue weighted by Gasteiger charge is 2.30. The van der Waals surface area contributed by atoms with Gasteiger partial charge in [-0.05, 0) is 17.7 Å². The molecule has 2 atom stereocenters. The molecule has 0 aliphatic heterocycles. The smallest absolute Gasteiger partial charge is 0.322 e. The molecule has 0 bridgehead atoms. The Morgan fingerprint density at radius 2 is 1.60 bits per heavy atom. The number of ether oxygens (including phenoxy) is 1. The number of esters is 1. The van der Waals surface area contributed by atoms with Gasteiger partial charge in [0.2, 0.25) is 0 Å². The van der Waals surface area contributed by atoms with Gasteiger partial charge in [0.15, 0.2) is 0 Å². The minimum absolute atomic E-state index is 0.435. The lowest BCUT2D eigenvalue weighted by molar-refractivity contribution is -0.142. The molecule has 0 aliphatic rings. The van der Waals surface area contributed by atoms with E-state index in [1.807, 2.05) is 48.5 Å². The standard InChI is InChI=1S/C16H16O3S/c1-19-16(18)15(20-13-10-6-3-7-11-13)14(17)12-8-4-2-5-9-12/h2-11,14-15,17H,1H3. The maximum atomic E-state index is 11.9. The fourth-order valence-corrected chi connectivity index (χ4v) is 2.91. The van der Waals surface area contributed by atoms with Crippen LogP contribution in [0.15, 0.2) is 65.6 Å². The highest BCUT2D eigenvalue weighted by atomic mass is 32.2. The Morgan fingerprint density at radius 1 is 1.05 bits per heavy atom. The first-order valence-electron chi connectivity index (χ1n) is 6.25. The molecule has 4 heteroatoms. The lowest BCUT2D eigenvalue weighted by Crippen LogP contribution is -2.26. The predicted octanol–water partition coefficient (Wildman–Crippen LogP) is 3.05. The van der Waals surface area contributed by atoms with Crippen LogP contribution in [0, 0.1) is 0 Å². The van der Waals surface area contributed by atoms with Crippen LogP contribution >= 0.6 is 11.8 Å². The zero-order valence-corrected chi connectivity index (χ0v) is 11.9. The third-order valence-electron chi connectivity index (χ3n) is 2.87. The third kappa shape index (κ3) is 3.62. The molecule has 2 unspecified atom stereocenters. The normalized spacial score (nSPS) is 13.5. The molecule has 0 saturated carbocycles. The summed E-state index contributed by atoms with van der Waals surface area (Å²) in [5.74, 6) is -0.435. The van der Waals surface area contributed by atoms with Crippen molar-refractivity contribution >= 4 is 17.7 Å². The number of carbonyl (C=O) groups excluding carboxylic acids is 1. The van der Waals surface area contributed by atoms with Crippen molar-refractivity contribution in [2.75, 3.05) is 7.11 Å². The van der Waals surface area contributed by atoms with Crippen LogP contribution in [0.4, 0.5) is 0 Å². The molecule has 104 valence electrons. The number of hydrogen-bond donors (Lipinski definition) is 1. The Balaban J connectivity index is 2.22. The second-order valence-electron chi connectivity index (χ2n) is 4.23. The summed E-state index contributed by atoms with van der Waals surface area (Å²) in [5, 5.41) is 9.73. The van der Waals surface area contributed by atoms with Crippen molar-refractivity contribution in [1.82, 2.24) is 0 Å². The number of thioether (sulfide) groups is 1. The Morgan fingerprint density at radius 3 is 2.15 bits per heavy atom. The monoisotopic (exact) mass is 288 g/mol. The Hall–Kier alpha value is -1.78. The van der Waals surface area contributed by atoms with Crippen LogP contribution in [0.25, 0.3) is 0 Å². The summed E-state index contributed by atoms with van der Waals surface area (Å²) >= 11 is 1.30. The molecule has 0 radical (unpaired) electrons. The Kier molecular flexibility index (Phi) is 5.21. The van der Waals surface area contributed by atoms with Gasteiger partial charge in [0.25, 0.3) is 0 Å². The second kappa shape index (κ2) is 7.12. The van der Waals surface area contributed by atoms with Crippen LogP contribution in [0.3, 0.4) is 0 Å². The van der Waals surface area contributed by atoms with Crippen molar-refractivity contribution in [2.24, 2.45) is 0 Å². The topological polar surface area (TPSA) is 46.5 Å². The molecule has 0 aromatic heterocycles. The number of aliphatic hydroxyl groups is 1. The summed E-state index contributed by atoms with van der Waals surface area (Å²) in [5.41, 5.74) is 0.700. The van der Waals surface area contributed by atoms with E-state index in [0.29, 0.717) is 5.56 Å². The van der Waals surface area contributed by atoms with Gasteiger partial charge in [-0.3, -0.25) is 4.79 Å². The zero-order valence-electron chi connectivity index (χ0n) is 11.1. The molecule has 0 heterocycles. The summed E-state index contributed by atoms with van der Waals surface area (Å²) in [7, 11) is 1.33. The first-order valence-corrected chi connectivity index (χ1v) is 7.13. The predicted molar refractivity (Wildman–Crippen MR) is 79.5 cm³/mol. The number of carbonyl (C=O) groups is 1. The van der Waals surface area contributed by atoms with Gasteiger partial charge in [-0.15, -0.1) is 11.8 Å². The highest BCUT2D eigenvalue weighted by Crippen LogP contribution is 2.32. The largest absolute Gasteiger partial charge is 0.468 e. The molecule has 0 saturated heterocycles. The van der Waals surface area contributed by atoms with Crippen molar-refractivity contribution in [1.29, 1.82) is 0 Å². The van der Waals surface area contributed by atoms with Gasteiger partial charge in [0, 0.05) is 4.90 Å². The molecular formula is C16H16O3S. The van der Waals surface area contributed by atoms with E-state index in [4.69, 9.17) is 4.74 Å². The lowest BCUT2D eigenvalue weighted by Gasteiger charge is -2.20. The SMILES string of the molecule is COC(=O)C(Sc1ccccc1)C(O)c1ccccc1. The van der Waals surface area contributed by atoms with E-state index >= 15 is 0 Å². The highest BCUT2D eigenvalue weighted by molar-refractivity contribution is 8.00. The average Bonchev–Trinajstić information content (AvgIpc) is 2.53. The van der Waals surface area contributed by atoms with E-state index in [1.54, 1.807) is 12.1 Å². The van der Waals surface area contributed by atoms with Gasteiger partial charge in [-0.2, -0.15) is 0 Å². The maximum absolute atomic E-state index is 11.9. The molecule has 2 rings (SSSR count). The first kappa shape index (κ1) is 14.6. The summed E-state index contributed by atoms with van der Waals surface area (Å²) in [6.07, 6.45) is -0.908. The van der Waals surface area contributed by atoms with E-state index in [2.05, 4.69) is 0 Å². The molecule has 0 spiro atoms. The Bertz CT molecular complexity index is 542. The molecule has 1 N–H and O–H groups in total. The van der Waals surface area contributed by atoms with Crippen LogP contribution in [0.2, 0.25) is 0 Å². The minimum Gasteiger partial charge on any atom is -0.468 e. The van der Waals surface area contributed by atoms with Crippen LogP contribution in [-0.2, 0) is 9.53 Å². The maximum Gasteiger partial charge on any atom is 0.322 e. The number of benzene rings is 2. The lowest BCUT2D eigenvalue weighted by atomic mass is 10.1. The number of rotatable bonds is 5. The van der Waals surface area contributed by atoms with Gasteiger partial charge in [-0.25, -0.2) is 0 Å². The first-order chi connectivity index (χ1) is 9.72. The fourth-order valence-electron chi connectivity index (χ4n) is 1.83.